The monoisotopic (exact) mass is 262 g/mol. The van der Waals surface area contributed by atoms with E-state index in [1.165, 1.54) is 14.0 Å². The van der Waals surface area contributed by atoms with E-state index in [-0.39, 0.29) is 17.8 Å². The zero-order valence-corrected chi connectivity index (χ0v) is 9.99. The quantitative estimate of drug-likeness (QED) is 0.818. The number of halogens is 3. The lowest BCUT2D eigenvalue weighted by Gasteiger charge is -2.34. The molecule has 2 rings (SSSR count). The highest BCUT2D eigenvalue weighted by molar-refractivity contribution is 5.16. The van der Waals surface area contributed by atoms with Crippen molar-refractivity contribution < 1.29 is 17.9 Å². The van der Waals surface area contributed by atoms with Crippen molar-refractivity contribution in [2.75, 3.05) is 7.11 Å². The average Bonchev–Trinajstić information content (AvgIpc) is 2.19. The van der Waals surface area contributed by atoms with Gasteiger partial charge in [-0.1, -0.05) is 0 Å². The van der Waals surface area contributed by atoms with Crippen LogP contribution in [0, 0.1) is 6.92 Å². The van der Waals surface area contributed by atoms with Crippen molar-refractivity contribution in [1.82, 2.24) is 9.78 Å². The van der Waals surface area contributed by atoms with Crippen LogP contribution >= 0.6 is 0 Å². The molecule has 4 nitrogen and oxygen atoms in total. The largest absolute Gasteiger partial charge is 0.421 e. The van der Waals surface area contributed by atoms with Crippen LogP contribution in [-0.4, -0.2) is 23.0 Å². The first kappa shape index (κ1) is 13.1. The molecule has 0 amide bonds. The van der Waals surface area contributed by atoms with E-state index >= 15 is 0 Å². The summed E-state index contributed by atoms with van der Waals surface area (Å²) in [6, 6.07) is 0.481. The Hall–Kier alpha value is -1.37. The summed E-state index contributed by atoms with van der Waals surface area (Å²) in [6.07, 6.45) is -3.61. The predicted molar refractivity (Wildman–Crippen MR) is 57.3 cm³/mol. The van der Waals surface area contributed by atoms with Crippen molar-refractivity contribution in [2.45, 2.75) is 38.1 Å². The Morgan fingerprint density at radius 3 is 2.56 bits per heavy atom. The van der Waals surface area contributed by atoms with Crippen LogP contribution in [0.4, 0.5) is 13.2 Å². The van der Waals surface area contributed by atoms with E-state index in [1.807, 2.05) is 0 Å². The van der Waals surface area contributed by atoms with Crippen LogP contribution in [0.5, 0.6) is 0 Å². The van der Waals surface area contributed by atoms with Gasteiger partial charge in [0.25, 0.3) is 5.56 Å². The predicted octanol–water partition coefficient (Wildman–Crippen LogP) is 1.92. The number of ether oxygens (including phenoxy) is 1. The van der Waals surface area contributed by atoms with Crippen LogP contribution in [0.15, 0.2) is 10.9 Å². The fourth-order valence-electron chi connectivity index (χ4n) is 2.02. The lowest BCUT2D eigenvalue weighted by molar-refractivity contribution is -0.139. The topological polar surface area (TPSA) is 44.1 Å². The molecule has 100 valence electrons. The molecule has 1 aliphatic rings. The third-order valence-electron chi connectivity index (χ3n) is 3.11. The number of hydrogen-bond acceptors (Lipinski definition) is 3. The minimum absolute atomic E-state index is 0.00134. The van der Waals surface area contributed by atoms with E-state index in [2.05, 4.69) is 5.10 Å². The van der Waals surface area contributed by atoms with Crippen LogP contribution in [0.1, 0.15) is 30.1 Å². The van der Waals surface area contributed by atoms with Gasteiger partial charge in [-0.2, -0.15) is 18.3 Å². The molecule has 0 aromatic carbocycles. The van der Waals surface area contributed by atoms with Gasteiger partial charge in [0.15, 0.2) is 0 Å². The maximum atomic E-state index is 12.7. The number of rotatable bonds is 2. The van der Waals surface area contributed by atoms with E-state index in [0.717, 1.165) is 10.7 Å². The summed E-state index contributed by atoms with van der Waals surface area (Å²) >= 11 is 0. The van der Waals surface area contributed by atoms with E-state index < -0.39 is 17.3 Å². The lowest BCUT2D eigenvalue weighted by atomic mass is 9.89. The number of alkyl halides is 3. The van der Waals surface area contributed by atoms with Gasteiger partial charge in [-0.25, -0.2) is 4.68 Å². The minimum Gasteiger partial charge on any atom is -0.381 e. The van der Waals surface area contributed by atoms with E-state index in [9.17, 15) is 18.0 Å². The molecule has 0 bridgehead atoms. The Labute approximate surface area is 101 Å². The molecule has 0 unspecified atom stereocenters. The first-order chi connectivity index (χ1) is 8.32. The molecule has 0 spiro atoms. The molecule has 0 aliphatic heterocycles. The van der Waals surface area contributed by atoms with Gasteiger partial charge in [0.2, 0.25) is 0 Å². The first-order valence-corrected chi connectivity index (χ1v) is 5.53. The maximum Gasteiger partial charge on any atom is 0.421 e. The Balaban J connectivity index is 2.38. The van der Waals surface area contributed by atoms with Crippen LogP contribution in [0.2, 0.25) is 0 Å². The molecule has 1 aliphatic carbocycles. The van der Waals surface area contributed by atoms with Crippen molar-refractivity contribution in [3.63, 3.8) is 0 Å². The molecular weight excluding hydrogens is 249 g/mol. The maximum absolute atomic E-state index is 12.7. The summed E-state index contributed by atoms with van der Waals surface area (Å²) in [5.74, 6) is 0. The van der Waals surface area contributed by atoms with Crippen LogP contribution in [0.3, 0.4) is 0 Å². The van der Waals surface area contributed by atoms with E-state index in [0.29, 0.717) is 12.8 Å². The van der Waals surface area contributed by atoms with Crippen molar-refractivity contribution in [2.24, 2.45) is 0 Å². The Bertz CT molecular complexity index is 504. The second-order valence-corrected chi connectivity index (χ2v) is 4.43. The molecule has 1 saturated carbocycles. The van der Waals surface area contributed by atoms with Gasteiger partial charge in [-0.3, -0.25) is 4.79 Å². The third-order valence-corrected chi connectivity index (χ3v) is 3.11. The molecule has 0 N–H and O–H groups in total. The van der Waals surface area contributed by atoms with Gasteiger partial charge in [0.05, 0.1) is 17.8 Å². The van der Waals surface area contributed by atoms with Gasteiger partial charge in [-0.15, -0.1) is 0 Å². The molecule has 1 fully saturated rings. The van der Waals surface area contributed by atoms with E-state index in [1.54, 1.807) is 0 Å². The van der Waals surface area contributed by atoms with Crippen molar-refractivity contribution in [1.29, 1.82) is 0 Å². The summed E-state index contributed by atoms with van der Waals surface area (Å²) in [4.78, 5) is 11.7. The molecular formula is C11H13F3N2O2. The highest BCUT2D eigenvalue weighted by Gasteiger charge is 2.38. The second kappa shape index (κ2) is 4.38. The summed E-state index contributed by atoms with van der Waals surface area (Å²) in [7, 11) is 1.54. The van der Waals surface area contributed by atoms with Gasteiger partial charge in [0.1, 0.15) is 5.56 Å². The highest BCUT2D eigenvalue weighted by Crippen LogP contribution is 2.33. The number of aryl methyl sites for hydroxylation is 1. The number of nitrogens with zero attached hydrogens (tertiary/aromatic N) is 2. The summed E-state index contributed by atoms with van der Waals surface area (Å²) in [5, 5.41) is 3.89. The lowest BCUT2D eigenvalue weighted by Crippen LogP contribution is -2.41. The molecule has 18 heavy (non-hydrogen) atoms. The third kappa shape index (κ3) is 2.27. The summed E-state index contributed by atoms with van der Waals surface area (Å²) in [5.41, 5.74) is -2.05. The molecule has 0 radical (unpaired) electrons. The Kier molecular flexibility index (Phi) is 3.18. The van der Waals surface area contributed by atoms with Gasteiger partial charge in [0, 0.05) is 7.11 Å². The van der Waals surface area contributed by atoms with Gasteiger partial charge < -0.3 is 4.74 Å². The Morgan fingerprint density at radius 1 is 1.44 bits per heavy atom. The molecule has 7 heteroatoms. The van der Waals surface area contributed by atoms with Crippen molar-refractivity contribution in [3.8, 4) is 0 Å². The fourth-order valence-corrected chi connectivity index (χ4v) is 2.02. The van der Waals surface area contributed by atoms with Crippen molar-refractivity contribution in [3.05, 3.63) is 27.7 Å². The first-order valence-electron chi connectivity index (χ1n) is 5.53. The molecule has 1 heterocycles. The zero-order valence-electron chi connectivity index (χ0n) is 9.99. The van der Waals surface area contributed by atoms with Crippen LogP contribution < -0.4 is 5.56 Å². The highest BCUT2D eigenvalue weighted by atomic mass is 19.4. The zero-order chi connectivity index (χ0) is 13.5. The minimum atomic E-state index is -4.64. The molecule has 0 atom stereocenters. The second-order valence-electron chi connectivity index (χ2n) is 4.43. The van der Waals surface area contributed by atoms with Crippen LogP contribution in [0.25, 0.3) is 0 Å². The molecule has 1 aromatic heterocycles. The summed E-state index contributed by atoms with van der Waals surface area (Å²) in [6.45, 7) is 1.44. The van der Waals surface area contributed by atoms with E-state index in [4.69, 9.17) is 4.74 Å². The van der Waals surface area contributed by atoms with Crippen LogP contribution in [-0.2, 0) is 10.9 Å². The summed E-state index contributed by atoms with van der Waals surface area (Å²) < 4.78 is 44.0. The number of hydrogen-bond donors (Lipinski definition) is 0. The van der Waals surface area contributed by atoms with Crippen molar-refractivity contribution >= 4 is 0 Å². The SMILES string of the molecule is COC1CC(n2nc(C)cc(C(F)(F)F)c2=O)C1. The van der Waals surface area contributed by atoms with Gasteiger partial charge >= 0.3 is 6.18 Å². The Morgan fingerprint density at radius 2 is 2.06 bits per heavy atom. The average molecular weight is 262 g/mol. The number of methoxy groups -OCH3 is 1. The molecule has 0 saturated heterocycles. The fraction of sp³-hybridized carbons (Fsp3) is 0.636. The van der Waals surface area contributed by atoms with Gasteiger partial charge in [-0.05, 0) is 25.8 Å². The normalized spacial score (nSPS) is 23.8. The standard InChI is InChI=1S/C11H13F3N2O2/c1-6-3-9(11(12,13)14)10(17)16(15-6)7-4-8(5-7)18-2/h3,7-8H,4-5H2,1-2H3. The smallest absolute Gasteiger partial charge is 0.381 e. The number of aromatic nitrogens is 2. The molecule has 1 aromatic rings.